The van der Waals surface area contributed by atoms with Crippen molar-refractivity contribution >= 4 is 23.6 Å². The summed E-state index contributed by atoms with van der Waals surface area (Å²) in [6.45, 7) is 3.76. The zero-order chi connectivity index (χ0) is 12.9. The molecule has 4 atom stereocenters. The Hall–Kier alpha value is -1.01. The fraction of sp³-hybridized carbons (Fsp3) is 0.636. The molecule has 1 fully saturated rings. The van der Waals surface area contributed by atoms with Crippen molar-refractivity contribution in [3.8, 4) is 0 Å². The highest BCUT2D eigenvalue weighted by atomic mass is 32.2. The zero-order valence-corrected chi connectivity index (χ0v) is 10.8. The van der Waals surface area contributed by atoms with Crippen molar-refractivity contribution in [1.82, 2.24) is 4.90 Å². The minimum absolute atomic E-state index is 0.0600. The van der Waals surface area contributed by atoms with E-state index in [1.54, 1.807) is 6.92 Å². The number of hydrogen-bond acceptors (Lipinski definition) is 4. The molecular weight excluding hydrogens is 240 g/mol. The fourth-order valence-corrected chi connectivity index (χ4v) is 3.73. The van der Waals surface area contributed by atoms with Crippen LogP contribution in [0.3, 0.4) is 0 Å². The second-order valence-corrected chi connectivity index (χ2v) is 5.44. The SMILES string of the molecule is CSC1=C(C(=O)O)N2C(=O)[C@H]([C@@H](C)N)[C@H]2[C@H]1C. The smallest absolute Gasteiger partial charge is 0.353 e. The molecule has 2 rings (SSSR count). The molecule has 0 aromatic rings. The normalized spacial score (nSPS) is 33.5. The minimum atomic E-state index is -1.03. The number of aliphatic carboxylic acids is 1. The van der Waals surface area contributed by atoms with E-state index in [1.165, 1.54) is 16.7 Å². The van der Waals surface area contributed by atoms with Crippen molar-refractivity contribution in [2.45, 2.75) is 25.9 Å². The second-order valence-electron chi connectivity index (χ2n) is 4.59. The Morgan fingerprint density at radius 3 is 2.59 bits per heavy atom. The highest BCUT2D eigenvalue weighted by Gasteiger charge is 2.59. The maximum Gasteiger partial charge on any atom is 0.353 e. The van der Waals surface area contributed by atoms with E-state index in [0.717, 1.165) is 4.91 Å². The van der Waals surface area contributed by atoms with Crippen LogP contribution in [0, 0.1) is 11.8 Å². The number of carboxylic acid groups (broad SMARTS) is 1. The van der Waals surface area contributed by atoms with Crippen LogP contribution in [0.1, 0.15) is 13.8 Å². The number of nitrogens with zero attached hydrogens (tertiary/aromatic N) is 1. The molecule has 0 unspecified atom stereocenters. The number of hydrogen-bond donors (Lipinski definition) is 2. The first-order valence-electron chi connectivity index (χ1n) is 5.52. The average molecular weight is 256 g/mol. The summed E-state index contributed by atoms with van der Waals surface area (Å²) in [5.41, 5.74) is 5.94. The van der Waals surface area contributed by atoms with Crippen molar-refractivity contribution in [3.05, 3.63) is 10.6 Å². The van der Waals surface area contributed by atoms with Gasteiger partial charge >= 0.3 is 5.97 Å². The van der Waals surface area contributed by atoms with E-state index >= 15 is 0 Å². The summed E-state index contributed by atoms with van der Waals surface area (Å²) < 4.78 is 0. The van der Waals surface area contributed by atoms with E-state index in [1.807, 2.05) is 13.2 Å². The summed E-state index contributed by atoms with van der Waals surface area (Å²) in [6.07, 6.45) is 1.84. The largest absolute Gasteiger partial charge is 0.477 e. The molecule has 0 radical (unpaired) electrons. The van der Waals surface area contributed by atoms with Gasteiger partial charge in [-0.25, -0.2) is 4.79 Å². The van der Waals surface area contributed by atoms with Crippen LogP contribution < -0.4 is 5.73 Å². The molecular formula is C11H16N2O3S. The monoisotopic (exact) mass is 256 g/mol. The number of fused-ring (bicyclic) bond motifs is 1. The van der Waals surface area contributed by atoms with Gasteiger partial charge < -0.3 is 15.7 Å². The Bertz CT molecular complexity index is 419. The molecule has 0 saturated carbocycles. The van der Waals surface area contributed by atoms with Gasteiger partial charge in [0.2, 0.25) is 5.91 Å². The Kier molecular flexibility index (Phi) is 2.95. The highest BCUT2D eigenvalue weighted by molar-refractivity contribution is 8.02. The Labute approximate surface area is 104 Å². The molecule has 0 aromatic carbocycles. The lowest BCUT2D eigenvalue weighted by atomic mass is 9.78. The van der Waals surface area contributed by atoms with Crippen LogP contribution in [0.2, 0.25) is 0 Å². The predicted octanol–water partition coefficient (Wildman–Crippen LogP) is 0.469. The molecule has 0 spiro atoms. The third kappa shape index (κ3) is 1.51. The number of amides is 1. The number of rotatable bonds is 3. The van der Waals surface area contributed by atoms with Crippen LogP contribution in [0.25, 0.3) is 0 Å². The average Bonchev–Trinajstić information content (AvgIpc) is 2.47. The molecule has 5 nitrogen and oxygen atoms in total. The predicted molar refractivity (Wildman–Crippen MR) is 65.1 cm³/mol. The Morgan fingerprint density at radius 2 is 2.18 bits per heavy atom. The van der Waals surface area contributed by atoms with Crippen molar-refractivity contribution < 1.29 is 14.7 Å². The summed E-state index contributed by atoms with van der Waals surface area (Å²) in [5.74, 6) is -1.37. The molecule has 1 amide bonds. The Morgan fingerprint density at radius 1 is 1.59 bits per heavy atom. The number of nitrogens with two attached hydrogens (primary N) is 1. The van der Waals surface area contributed by atoms with Gasteiger partial charge in [-0.05, 0) is 13.2 Å². The fourth-order valence-electron chi connectivity index (χ4n) is 2.84. The summed E-state index contributed by atoms with van der Waals surface area (Å²) >= 11 is 1.40. The molecule has 0 aromatic heterocycles. The molecule has 2 heterocycles. The van der Waals surface area contributed by atoms with Gasteiger partial charge in [-0.15, -0.1) is 11.8 Å². The first kappa shape index (κ1) is 12.4. The minimum Gasteiger partial charge on any atom is -0.477 e. The lowest BCUT2D eigenvalue weighted by Crippen LogP contribution is -2.65. The summed E-state index contributed by atoms with van der Waals surface area (Å²) in [5, 5.41) is 9.20. The van der Waals surface area contributed by atoms with E-state index < -0.39 is 5.97 Å². The van der Waals surface area contributed by atoms with Gasteiger partial charge in [0, 0.05) is 16.9 Å². The molecule has 94 valence electrons. The van der Waals surface area contributed by atoms with E-state index in [4.69, 9.17) is 5.73 Å². The first-order chi connectivity index (χ1) is 7.91. The maximum absolute atomic E-state index is 11.9. The van der Waals surface area contributed by atoms with Crippen molar-refractivity contribution in [3.63, 3.8) is 0 Å². The molecule has 2 aliphatic rings. The van der Waals surface area contributed by atoms with Gasteiger partial charge in [-0.1, -0.05) is 6.92 Å². The van der Waals surface area contributed by atoms with Gasteiger partial charge in [0.1, 0.15) is 5.70 Å². The quantitative estimate of drug-likeness (QED) is 0.717. The number of carboxylic acids is 1. The van der Waals surface area contributed by atoms with Crippen molar-refractivity contribution in [2.75, 3.05) is 6.26 Å². The van der Waals surface area contributed by atoms with Crippen LogP contribution in [-0.4, -0.2) is 40.2 Å². The highest BCUT2D eigenvalue weighted by Crippen LogP contribution is 2.49. The van der Waals surface area contributed by atoms with Crippen LogP contribution in [0.5, 0.6) is 0 Å². The van der Waals surface area contributed by atoms with E-state index in [0.29, 0.717) is 0 Å². The molecule has 0 aliphatic carbocycles. The maximum atomic E-state index is 11.9. The van der Waals surface area contributed by atoms with Gasteiger partial charge in [0.15, 0.2) is 0 Å². The third-order valence-corrected chi connectivity index (χ3v) is 4.58. The Balaban J connectivity index is 2.39. The summed E-state index contributed by atoms with van der Waals surface area (Å²) in [4.78, 5) is 25.4. The first-order valence-corrected chi connectivity index (χ1v) is 6.74. The van der Waals surface area contributed by atoms with E-state index in [9.17, 15) is 14.7 Å². The van der Waals surface area contributed by atoms with Gasteiger partial charge in [-0.2, -0.15) is 0 Å². The molecule has 17 heavy (non-hydrogen) atoms. The topological polar surface area (TPSA) is 83.6 Å². The molecule has 1 saturated heterocycles. The third-order valence-electron chi connectivity index (χ3n) is 3.58. The number of thioether (sulfide) groups is 1. The lowest BCUT2D eigenvalue weighted by Gasteiger charge is -2.46. The zero-order valence-electron chi connectivity index (χ0n) is 10.0. The van der Waals surface area contributed by atoms with Crippen LogP contribution >= 0.6 is 11.8 Å². The van der Waals surface area contributed by atoms with E-state index in [-0.39, 0.29) is 35.5 Å². The van der Waals surface area contributed by atoms with Crippen LogP contribution in [0.15, 0.2) is 10.6 Å². The molecule has 0 bridgehead atoms. The van der Waals surface area contributed by atoms with Gasteiger partial charge in [0.25, 0.3) is 0 Å². The lowest BCUT2D eigenvalue weighted by molar-refractivity contribution is -0.157. The van der Waals surface area contributed by atoms with Gasteiger partial charge in [-0.3, -0.25) is 4.79 Å². The molecule has 3 N–H and O–H groups in total. The standard InChI is InChI=1S/C11H16N2O3S/c1-4-7-6(5(2)12)10(14)13(7)8(11(15)16)9(4)17-3/h4-7H,12H2,1-3H3,(H,15,16)/t4-,5-,6-,7-/m1/s1. The van der Waals surface area contributed by atoms with Crippen LogP contribution in [-0.2, 0) is 9.59 Å². The summed E-state index contributed by atoms with van der Waals surface area (Å²) in [6, 6.07) is -0.307. The number of carbonyl (C=O) groups is 2. The number of carbonyl (C=O) groups excluding carboxylic acids is 1. The van der Waals surface area contributed by atoms with Crippen molar-refractivity contribution in [1.29, 1.82) is 0 Å². The molecule has 6 heteroatoms. The van der Waals surface area contributed by atoms with Crippen LogP contribution in [0.4, 0.5) is 0 Å². The number of β-lactam (4-membered cyclic amide) rings is 1. The second kappa shape index (κ2) is 4.03. The van der Waals surface area contributed by atoms with Gasteiger partial charge in [0.05, 0.1) is 12.0 Å². The summed E-state index contributed by atoms with van der Waals surface area (Å²) in [7, 11) is 0. The van der Waals surface area contributed by atoms with Crippen molar-refractivity contribution in [2.24, 2.45) is 17.6 Å². The van der Waals surface area contributed by atoms with E-state index in [2.05, 4.69) is 0 Å². The molecule has 2 aliphatic heterocycles.